The zero-order chi connectivity index (χ0) is 13.2. The van der Waals surface area contributed by atoms with Crippen molar-refractivity contribution in [3.05, 3.63) is 53.9 Å². The molecule has 1 aromatic heterocycles. The van der Waals surface area contributed by atoms with Gasteiger partial charge in [0, 0.05) is 13.2 Å². The van der Waals surface area contributed by atoms with Crippen LogP contribution in [0.5, 0.6) is 0 Å². The van der Waals surface area contributed by atoms with Crippen LogP contribution in [0.15, 0.2) is 42.6 Å². The van der Waals surface area contributed by atoms with Crippen molar-refractivity contribution in [3.8, 4) is 0 Å². The highest BCUT2D eigenvalue weighted by Gasteiger charge is 2.30. The van der Waals surface area contributed by atoms with E-state index >= 15 is 0 Å². The van der Waals surface area contributed by atoms with Gasteiger partial charge >= 0.3 is 0 Å². The lowest BCUT2D eigenvalue weighted by Crippen LogP contribution is -2.42. The fourth-order valence-electron chi connectivity index (χ4n) is 1.85. The first-order chi connectivity index (χ1) is 8.50. The summed E-state index contributed by atoms with van der Waals surface area (Å²) in [4.78, 5) is 12.3. The van der Waals surface area contributed by atoms with Crippen LogP contribution in [0.25, 0.3) is 0 Å². The van der Waals surface area contributed by atoms with Gasteiger partial charge in [-0.15, -0.1) is 0 Å². The maximum atomic E-state index is 12.3. The lowest BCUT2D eigenvalue weighted by Gasteiger charge is -2.23. The molecule has 0 aliphatic rings. The van der Waals surface area contributed by atoms with Gasteiger partial charge in [-0.05, 0) is 18.6 Å². The van der Waals surface area contributed by atoms with Crippen molar-refractivity contribution in [3.63, 3.8) is 0 Å². The van der Waals surface area contributed by atoms with E-state index in [2.05, 4.69) is 5.10 Å². The van der Waals surface area contributed by atoms with E-state index in [1.54, 1.807) is 11.6 Å². The Morgan fingerprint density at radius 1 is 1.33 bits per heavy atom. The fourth-order valence-corrected chi connectivity index (χ4v) is 1.85. The smallest absolute Gasteiger partial charge is 0.162 e. The van der Waals surface area contributed by atoms with Crippen LogP contribution in [0.1, 0.15) is 18.2 Å². The molecular formula is C14H17N3O. The van der Waals surface area contributed by atoms with Crippen molar-refractivity contribution in [1.82, 2.24) is 9.78 Å². The summed E-state index contributed by atoms with van der Waals surface area (Å²) in [5.74, 6) is -0.0348. The normalized spacial score (nSPS) is 14.2. The van der Waals surface area contributed by atoms with Gasteiger partial charge in [-0.1, -0.05) is 30.3 Å². The van der Waals surface area contributed by atoms with Gasteiger partial charge < -0.3 is 5.73 Å². The number of aromatic nitrogens is 2. The van der Waals surface area contributed by atoms with Crippen molar-refractivity contribution < 1.29 is 4.79 Å². The monoisotopic (exact) mass is 243 g/mol. The summed E-state index contributed by atoms with van der Waals surface area (Å²) in [5, 5.41) is 4.20. The minimum atomic E-state index is -0.973. The van der Waals surface area contributed by atoms with E-state index in [1.165, 1.54) is 0 Å². The molecule has 94 valence electrons. The predicted molar refractivity (Wildman–Crippen MR) is 69.9 cm³/mol. The van der Waals surface area contributed by atoms with E-state index in [9.17, 15) is 4.79 Å². The van der Waals surface area contributed by atoms with Crippen LogP contribution < -0.4 is 5.73 Å². The number of nitrogens with zero attached hydrogens (tertiary/aromatic N) is 2. The van der Waals surface area contributed by atoms with Crippen LogP contribution in [0.2, 0.25) is 0 Å². The summed E-state index contributed by atoms with van der Waals surface area (Å²) in [5.41, 5.74) is 6.75. The summed E-state index contributed by atoms with van der Waals surface area (Å²) in [7, 11) is 1.83. The highest BCUT2D eigenvalue weighted by molar-refractivity contribution is 5.90. The van der Waals surface area contributed by atoms with E-state index in [0.717, 1.165) is 11.3 Å². The summed E-state index contributed by atoms with van der Waals surface area (Å²) < 4.78 is 1.68. The molecule has 2 rings (SSSR count). The second kappa shape index (κ2) is 4.74. The Bertz CT molecular complexity index is 543. The Hall–Kier alpha value is -1.94. The number of carbonyl (C=O) groups excluding carboxylic acids is 1. The minimum absolute atomic E-state index is 0.0348. The molecule has 0 spiro atoms. The van der Waals surface area contributed by atoms with Gasteiger partial charge in [-0.25, -0.2) is 0 Å². The van der Waals surface area contributed by atoms with E-state index in [0.29, 0.717) is 0 Å². The van der Waals surface area contributed by atoms with E-state index in [4.69, 9.17) is 5.73 Å². The van der Waals surface area contributed by atoms with E-state index < -0.39 is 5.54 Å². The number of nitrogens with two attached hydrogens (primary N) is 1. The SMILES string of the molecule is Cn1ccc(CC(=O)C(C)(N)c2ccccc2)n1. The third kappa shape index (κ3) is 2.49. The zero-order valence-electron chi connectivity index (χ0n) is 10.6. The van der Waals surface area contributed by atoms with Gasteiger partial charge in [0.1, 0.15) is 0 Å². The lowest BCUT2D eigenvalue weighted by molar-refractivity contribution is -0.123. The van der Waals surface area contributed by atoms with Crippen LogP contribution in [0.3, 0.4) is 0 Å². The van der Waals surface area contributed by atoms with Gasteiger partial charge in [0.25, 0.3) is 0 Å². The number of benzene rings is 1. The standard InChI is InChI=1S/C14H17N3O/c1-14(15,11-6-4-3-5-7-11)13(18)10-12-8-9-17(2)16-12/h3-9H,10,15H2,1-2H3. The molecule has 18 heavy (non-hydrogen) atoms. The number of carbonyl (C=O) groups is 1. The van der Waals surface area contributed by atoms with E-state index in [-0.39, 0.29) is 12.2 Å². The molecule has 0 bridgehead atoms. The largest absolute Gasteiger partial charge is 0.315 e. The summed E-state index contributed by atoms with van der Waals surface area (Å²) >= 11 is 0. The highest BCUT2D eigenvalue weighted by atomic mass is 16.1. The van der Waals surface area contributed by atoms with Gasteiger partial charge in [0.05, 0.1) is 17.7 Å². The van der Waals surface area contributed by atoms with Crippen molar-refractivity contribution in [2.24, 2.45) is 12.8 Å². The highest BCUT2D eigenvalue weighted by Crippen LogP contribution is 2.20. The molecule has 2 N–H and O–H groups in total. The van der Waals surface area contributed by atoms with Crippen LogP contribution in [0.4, 0.5) is 0 Å². The molecule has 0 saturated heterocycles. The first-order valence-corrected chi connectivity index (χ1v) is 5.86. The molecule has 0 aliphatic carbocycles. The summed E-state index contributed by atoms with van der Waals surface area (Å²) in [6.45, 7) is 1.74. The number of aryl methyl sites for hydroxylation is 1. The molecule has 4 nitrogen and oxygen atoms in total. The Balaban J connectivity index is 2.18. The van der Waals surface area contributed by atoms with Crippen molar-refractivity contribution in [2.45, 2.75) is 18.9 Å². The second-order valence-electron chi connectivity index (χ2n) is 4.65. The molecule has 1 unspecified atom stereocenters. The average Bonchev–Trinajstić information content (AvgIpc) is 2.76. The molecule has 1 aromatic carbocycles. The van der Waals surface area contributed by atoms with Crippen LogP contribution in [0, 0.1) is 0 Å². The Morgan fingerprint density at radius 3 is 2.56 bits per heavy atom. The summed E-state index contributed by atoms with van der Waals surface area (Å²) in [6, 6.07) is 11.2. The summed E-state index contributed by atoms with van der Waals surface area (Å²) in [6.07, 6.45) is 2.07. The molecule has 1 atom stereocenters. The number of Topliss-reactive ketones (excluding diaryl/α,β-unsaturated/α-hetero) is 1. The van der Waals surface area contributed by atoms with Gasteiger partial charge in [0.15, 0.2) is 5.78 Å². The van der Waals surface area contributed by atoms with Gasteiger partial charge in [0.2, 0.25) is 0 Å². The molecule has 0 aliphatic heterocycles. The van der Waals surface area contributed by atoms with Gasteiger partial charge in [-0.3, -0.25) is 9.48 Å². The molecule has 2 aromatic rings. The Kier molecular flexibility index (Phi) is 3.30. The molecule has 0 fully saturated rings. The Morgan fingerprint density at radius 2 is 2.00 bits per heavy atom. The number of ketones is 1. The topological polar surface area (TPSA) is 60.9 Å². The molecule has 4 heteroatoms. The van der Waals surface area contributed by atoms with Crippen LogP contribution >= 0.6 is 0 Å². The van der Waals surface area contributed by atoms with Crippen molar-refractivity contribution >= 4 is 5.78 Å². The Labute approximate surface area is 106 Å². The zero-order valence-corrected chi connectivity index (χ0v) is 10.6. The van der Waals surface area contributed by atoms with Crippen LogP contribution in [-0.4, -0.2) is 15.6 Å². The number of rotatable bonds is 4. The van der Waals surface area contributed by atoms with Crippen LogP contribution in [-0.2, 0) is 23.8 Å². The maximum absolute atomic E-state index is 12.3. The van der Waals surface area contributed by atoms with Crippen molar-refractivity contribution in [1.29, 1.82) is 0 Å². The first-order valence-electron chi connectivity index (χ1n) is 5.86. The molecule has 0 saturated carbocycles. The third-order valence-corrected chi connectivity index (χ3v) is 3.06. The van der Waals surface area contributed by atoms with Crippen molar-refractivity contribution in [2.75, 3.05) is 0 Å². The predicted octanol–water partition coefficient (Wildman–Crippen LogP) is 1.41. The number of hydrogen-bond acceptors (Lipinski definition) is 3. The third-order valence-electron chi connectivity index (χ3n) is 3.06. The first kappa shape index (κ1) is 12.5. The quantitative estimate of drug-likeness (QED) is 0.883. The molecule has 0 amide bonds. The average molecular weight is 243 g/mol. The van der Waals surface area contributed by atoms with E-state index in [1.807, 2.05) is 49.6 Å². The fraction of sp³-hybridized carbons (Fsp3) is 0.286. The van der Waals surface area contributed by atoms with Gasteiger partial charge in [-0.2, -0.15) is 5.10 Å². The molecule has 1 heterocycles. The minimum Gasteiger partial charge on any atom is -0.315 e. The molecular weight excluding hydrogens is 226 g/mol. The molecule has 0 radical (unpaired) electrons. The number of hydrogen-bond donors (Lipinski definition) is 1. The lowest BCUT2D eigenvalue weighted by atomic mass is 9.87. The second-order valence-corrected chi connectivity index (χ2v) is 4.65. The maximum Gasteiger partial charge on any atom is 0.162 e.